The summed E-state index contributed by atoms with van der Waals surface area (Å²) in [5, 5.41) is 0. The van der Waals surface area contributed by atoms with Crippen molar-refractivity contribution in [3.63, 3.8) is 0 Å². The van der Waals surface area contributed by atoms with Crippen molar-refractivity contribution in [2.24, 2.45) is 0 Å². The van der Waals surface area contributed by atoms with Crippen LogP contribution in [0.2, 0.25) is 0 Å². The average molecular weight is 318 g/mol. The van der Waals surface area contributed by atoms with Gasteiger partial charge in [-0.05, 0) is 0 Å². The molecule has 0 aromatic heterocycles. The summed E-state index contributed by atoms with van der Waals surface area (Å²) < 4.78 is 63.8. The second kappa shape index (κ2) is 13.4. The molecule has 0 bridgehead atoms. The van der Waals surface area contributed by atoms with Crippen molar-refractivity contribution in [2.45, 2.75) is 0 Å². The smallest absolute Gasteiger partial charge is 0.373 e. The van der Waals surface area contributed by atoms with Crippen molar-refractivity contribution in [3.8, 4) is 0 Å². The molecule has 19 heavy (non-hydrogen) atoms. The Hall–Kier alpha value is -1.04. The maximum atomic E-state index is 9.72. The fourth-order valence-electron chi connectivity index (χ4n) is 0.384. The highest BCUT2D eigenvalue weighted by molar-refractivity contribution is 7.85. The maximum Gasteiger partial charge on any atom is 0.394 e. The molecule has 0 atom stereocenters. The van der Waals surface area contributed by atoms with Gasteiger partial charge in [-0.2, -0.15) is 16.8 Å². The maximum absolute atomic E-state index is 9.72. The molecule has 0 heterocycles. The fourth-order valence-corrected chi connectivity index (χ4v) is 0.681. The van der Waals surface area contributed by atoms with Crippen LogP contribution in [0.25, 0.3) is 0 Å². The lowest BCUT2D eigenvalue weighted by Crippen LogP contribution is -1.99. The van der Waals surface area contributed by atoms with Crippen LogP contribution >= 0.6 is 0 Å². The fraction of sp³-hybridized carbons (Fsp3) is 0.333. The van der Waals surface area contributed by atoms with Crippen LogP contribution in [0.3, 0.4) is 0 Å². The molecule has 0 aromatic carbocycles. The SMILES string of the molecule is C=CCOCC=C.C=CCS(=O)(=O)O.O=S(=O)(O)O. The summed E-state index contributed by atoms with van der Waals surface area (Å²) in [5.74, 6) is -0.368. The largest absolute Gasteiger partial charge is 0.394 e. The molecule has 0 amide bonds. The van der Waals surface area contributed by atoms with Crippen LogP contribution in [0.4, 0.5) is 0 Å². The predicted octanol–water partition coefficient (Wildman–Crippen LogP) is 0.782. The van der Waals surface area contributed by atoms with Crippen LogP contribution in [0.1, 0.15) is 0 Å². The summed E-state index contributed by atoms with van der Waals surface area (Å²) in [6.45, 7) is 11.3. The molecule has 0 saturated heterocycles. The van der Waals surface area contributed by atoms with Gasteiger partial charge in [-0.1, -0.05) is 18.2 Å². The van der Waals surface area contributed by atoms with Crippen LogP contribution < -0.4 is 0 Å². The molecule has 0 aliphatic carbocycles. The normalized spacial score (nSPS) is 10.1. The van der Waals surface area contributed by atoms with Crippen LogP contribution in [-0.4, -0.2) is 49.5 Å². The van der Waals surface area contributed by atoms with E-state index in [1.54, 1.807) is 12.2 Å². The Balaban J connectivity index is -0.000000206. The topological polar surface area (TPSA) is 138 Å². The minimum absolute atomic E-state index is 0.368. The van der Waals surface area contributed by atoms with E-state index in [1.807, 2.05) is 0 Å². The predicted molar refractivity (Wildman–Crippen MR) is 72.0 cm³/mol. The van der Waals surface area contributed by atoms with E-state index in [0.29, 0.717) is 13.2 Å². The first-order valence-corrected chi connectivity index (χ1v) is 7.54. The molecule has 0 saturated carbocycles. The van der Waals surface area contributed by atoms with E-state index >= 15 is 0 Å². The highest BCUT2D eigenvalue weighted by atomic mass is 32.3. The molecule has 10 heteroatoms. The van der Waals surface area contributed by atoms with Crippen molar-refractivity contribution in [1.29, 1.82) is 0 Å². The first-order valence-electron chi connectivity index (χ1n) is 4.53. The number of rotatable bonds is 6. The van der Waals surface area contributed by atoms with Crippen LogP contribution in [0.5, 0.6) is 0 Å². The molecular formula is C9H18O8S2. The highest BCUT2D eigenvalue weighted by Crippen LogP contribution is 1.78. The number of ether oxygens (including phenoxy) is 1. The van der Waals surface area contributed by atoms with Gasteiger partial charge in [-0.25, -0.2) is 0 Å². The third kappa shape index (κ3) is 78.4. The lowest BCUT2D eigenvalue weighted by atomic mass is 10.6. The molecule has 0 rings (SSSR count). The lowest BCUT2D eigenvalue weighted by Gasteiger charge is -1.89. The first-order chi connectivity index (χ1) is 8.47. The van der Waals surface area contributed by atoms with Gasteiger partial charge in [0.2, 0.25) is 0 Å². The van der Waals surface area contributed by atoms with Gasteiger partial charge < -0.3 is 4.74 Å². The molecule has 0 radical (unpaired) electrons. The van der Waals surface area contributed by atoms with Gasteiger partial charge in [0, 0.05) is 0 Å². The standard InChI is InChI=1S/C6H10O.C3H6O3S.H2O4S/c1-3-5-7-6-4-2;1-2-3-7(4,5)6;1-5(2,3)4/h3-4H,1-2,5-6H2;2H,1,3H2,(H,4,5,6);(H2,1,2,3,4). The molecule has 0 fully saturated rings. The van der Waals surface area contributed by atoms with Crippen molar-refractivity contribution in [1.82, 2.24) is 0 Å². The third-order valence-electron chi connectivity index (χ3n) is 0.800. The monoisotopic (exact) mass is 318 g/mol. The van der Waals surface area contributed by atoms with Gasteiger partial charge in [0.15, 0.2) is 0 Å². The zero-order valence-electron chi connectivity index (χ0n) is 10.2. The lowest BCUT2D eigenvalue weighted by molar-refractivity contribution is 0.194. The molecule has 0 aliphatic heterocycles. The summed E-state index contributed by atoms with van der Waals surface area (Å²) >= 11 is 0. The summed E-state index contributed by atoms with van der Waals surface area (Å²) in [4.78, 5) is 0. The molecule has 0 aromatic rings. The van der Waals surface area contributed by atoms with Gasteiger partial charge in [-0.3, -0.25) is 13.7 Å². The zero-order valence-corrected chi connectivity index (χ0v) is 11.8. The molecule has 114 valence electrons. The zero-order chi connectivity index (χ0) is 15.9. The van der Waals surface area contributed by atoms with Gasteiger partial charge >= 0.3 is 10.4 Å². The minimum Gasteiger partial charge on any atom is -0.373 e. The quantitative estimate of drug-likeness (QED) is 0.371. The van der Waals surface area contributed by atoms with Crippen LogP contribution in [-0.2, 0) is 25.3 Å². The molecule has 0 aliphatic rings. The van der Waals surface area contributed by atoms with Gasteiger partial charge in [0.05, 0.1) is 19.0 Å². The van der Waals surface area contributed by atoms with E-state index in [9.17, 15) is 8.42 Å². The molecule has 0 unspecified atom stereocenters. The molecule has 0 spiro atoms. The summed E-state index contributed by atoms with van der Waals surface area (Å²) in [5.41, 5.74) is 0. The third-order valence-corrected chi connectivity index (χ3v) is 1.46. The molecule has 3 N–H and O–H groups in total. The Morgan fingerprint density at radius 2 is 1.16 bits per heavy atom. The Labute approximate surface area is 113 Å². The second-order valence-electron chi connectivity index (χ2n) is 2.60. The van der Waals surface area contributed by atoms with Crippen molar-refractivity contribution < 1.29 is 35.2 Å². The van der Waals surface area contributed by atoms with Gasteiger partial charge in [0.1, 0.15) is 0 Å². The average Bonchev–Trinajstić information content (AvgIpc) is 2.15. The van der Waals surface area contributed by atoms with E-state index in [4.69, 9.17) is 26.8 Å². The van der Waals surface area contributed by atoms with Crippen molar-refractivity contribution >= 4 is 20.5 Å². The summed E-state index contributed by atoms with van der Waals surface area (Å²) in [6, 6.07) is 0. The second-order valence-corrected chi connectivity index (χ2v) is 4.99. The van der Waals surface area contributed by atoms with Gasteiger partial charge in [-0.15, -0.1) is 19.7 Å². The molecule has 8 nitrogen and oxygen atoms in total. The Morgan fingerprint density at radius 1 is 0.842 bits per heavy atom. The number of hydrogen-bond donors (Lipinski definition) is 3. The van der Waals surface area contributed by atoms with Crippen LogP contribution in [0, 0.1) is 0 Å². The first kappa shape index (κ1) is 23.1. The number of hydrogen-bond acceptors (Lipinski definition) is 5. The molecular weight excluding hydrogens is 300 g/mol. The Kier molecular flexibility index (Phi) is 16.3. The van der Waals surface area contributed by atoms with Crippen molar-refractivity contribution in [2.75, 3.05) is 19.0 Å². The van der Waals surface area contributed by atoms with E-state index < -0.39 is 20.5 Å². The van der Waals surface area contributed by atoms with Crippen molar-refractivity contribution in [3.05, 3.63) is 38.0 Å². The van der Waals surface area contributed by atoms with E-state index in [0.717, 1.165) is 6.08 Å². The summed E-state index contributed by atoms with van der Waals surface area (Å²) in [7, 11) is -8.46. The Bertz CT molecular complexity index is 419. The summed E-state index contributed by atoms with van der Waals surface area (Å²) in [6.07, 6.45) is 4.54. The van der Waals surface area contributed by atoms with E-state index in [-0.39, 0.29) is 5.75 Å². The Morgan fingerprint density at radius 3 is 1.26 bits per heavy atom. The van der Waals surface area contributed by atoms with Crippen LogP contribution in [0.15, 0.2) is 38.0 Å². The minimum atomic E-state index is -4.67. The van der Waals surface area contributed by atoms with E-state index in [2.05, 4.69) is 19.7 Å². The van der Waals surface area contributed by atoms with Gasteiger partial charge in [0.25, 0.3) is 10.1 Å². The van der Waals surface area contributed by atoms with E-state index in [1.165, 1.54) is 0 Å². The highest BCUT2D eigenvalue weighted by Gasteiger charge is 1.95.